The van der Waals surface area contributed by atoms with E-state index < -0.39 is 17.4 Å². The number of aryl methyl sites for hydroxylation is 2. The maximum Gasteiger partial charge on any atom is 0.329 e. The molecule has 1 amide bonds. The number of rotatable bonds is 3. The summed E-state index contributed by atoms with van der Waals surface area (Å²) in [6, 6.07) is 1.83. The average molecular weight is 335 g/mol. The van der Waals surface area contributed by atoms with Crippen LogP contribution in [0.3, 0.4) is 0 Å². The Morgan fingerprint density at radius 2 is 2.00 bits per heavy atom. The van der Waals surface area contributed by atoms with Gasteiger partial charge in [0.25, 0.3) is 11.7 Å². The molecule has 23 heavy (non-hydrogen) atoms. The zero-order chi connectivity index (χ0) is 16.6. The number of aromatic nitrogens is 4. The number of hydrogen-bond acceptors (Lipinski definition) is 6. The van der Waals surface area contributed by atoms with Crippen molar-refractivity contribution in [3.8, 4) is 0 Å². The second-order valence-electron chi connectivity index (χ2n) is 5.64. The molecule has 122 valence electrons. The molecule has 1 saturated heterocycles. The Morgan fingerprint density at radius 1 is 1.30 bits per heavy atom. The molecule has 2 N–H and O–H groups in total. The number of carboxylic acids is 1. The molecule has 1 fully saturated rings. The number of nitrogens with zero attached hydrogens (tertiary/aromatic N) is 4. The van der Waals surface area contributed by atoms with Crippen molar-refractivity contribution in [3.63, 3.8) is 0 Å². The quantitative estimate of drug-likeness (QED) is 0.854. The molecule has 9 heteroatoms. The molecule has 1 aliphatic heterocycles. The van der Waals surface area contributed by atoms with Crippen LogP contribution in [0.15, 0.2) is 6.07 Å². The average Bonchev–Trinajstić information content (AvgIpc) is 2.92. The van der Waals surface area contributed by atoms with Gasteiger partial charge >= 0.3 is 5.97 Å². The van der Waals surface area contributed by atoms with Crippen LogP contribution in [0.1, 0.15) is 34.8 Å². The van der Waals surface area contributed by atoms with Crippen molar-refractivity contribution in [2.24, 2.45) is 0 Å². The van der Waals surface area contributed by atoms with Crippen LogP contribution in [0.2, 0.25) is 0 Å². The highest BCUT2D eigenvalue weighted by atomic mass is 32.2. The molecule has 2 aromatic heterocycles. The lowest BCUT2D eigenvalue weighted by Gasteiger charge is -2.33. The number of nitrogens with one attached hydrogen (secondary N) is 1. The van der Waals surface area contributed by atoms with E-state index in [0.717, 1.165) is 11.4 Å². The first-order valence-corrected chi connectivity index (χ1v) is 8.41. The van der Waals surface area contributed by atoms with E-state index in [1.54, 1.807) is 11.8 Å². The van der Waals surface area contributed by atoms with Crippen LogP contribution in [0.25, 0.3) is 5.78 Å². The van der Waals surface area contributed by atoms with Gasteiger partial charge in [-0.05, 0) is 44.3 Å². The lowest BCUT2D eigenvalue weighted by molar-refractivity contribution is -0.144. The standard InChI is InChI=1S/C14H17N5O3S/c1-8-7-9(2)19-13(15-8)16-10(18-19)11(20)17-14(12(21)22)3-5-23-6-4-14/h7H,3-6H2,1-2H3,(H,17,20)(H,21,22). The van der Waals surface area contributed by atoms with Gasteiger partial charge in [-0.1, -0.05) is 0 Å². The minimum atomic E-state index is -1.24. The van der Waals surface area contributed by atoms with Crippen LogP contribution in [-0.2, 0) is 4.79 Å². The number of aliphatic carboxylic acids is 1. The number of thioether (sulfide) groups is 1. The van der Waals surface area contributed by atoms with Crippen LogP contribution in [-0.4, -0.2) is 53.6 Å². The van der Waals surface area contributed by atoms with Gasteiger partial charge in [-0.25, -0.2) is 14.3 Å². The summed E-state index contributed by atoms with van der Waals surface area (Å²) in [6.07, 6.45) is 0.783. The molecule has 0 aromatic carbocycles. The molecule has 0 spiro atoms. The number of fused-ring (bicyclic) bond motifs is 1. The predicted octanol–water partition coefficient (Wildman–Crippen LogP) is 0.821. The van der Waals surface area contributed by atoms with Crippen molar-refractivity contribution >= 4 is 29.4 Å². The van der Waals surface area contributed by atoms with Gasteiger partial charge in [0.1, 0.15) is 5.54 Å². The lowest BCUT2D eigenvalue weighted by atomic mass is 9.92. The summed E-state index contributed by atoms with van der Waals surface area (Å²) in [5.41, 5.74) is 0.347. The summed E-state index contributed by atoms with van der Waals surface area (Å²) < 4.78 is 1.48. The summed E-state index contributed by atoms with van der Waals surface area (Å²) in [5.74, 6) is 0.0685. The fourth-order valence-electron chi connectivity index (χ4n) is 2.65. The van der Waals surface area contributed by atoms with Crippen LogP contribution in [0.5, 0.6) is 0 Å². The summed E-state index contributed by atoms with van der Waals surface area (Å²) in [6.45, 7) is 3.68. The Kier molecular flexibility index (Phi) is 3.97. The van der Waals surface area contributed by atoms with E-state index in [0.29, 0.717) is 30.1 Å². The molecular weight excluding hydrogens is 318 g/mol. The highest BCUT2D eigenvalue weighted by Crippen LogP contribution is 2.27. The first kappa shape index (κ1) is 15.7. The van der Waals surface area contributed by atoms with Crippen LogP contribution >= 0.6 is 11.8 Å². The van der Waals surface area contributed by atoms with Gasteiger partial charge < -0.3 is 10.4 Å². The summed E-state index contributed by atoms with van der Waals surface area (Å²) in [4.78, 5) is 32.4. The van der Waals surface area contributed by atoms with E-state index in [9.17, 15) is 14.7 Å². The molecule has 0 radical (unpaired) electrons. The van der Waals surface area contributed by atoms with E-state index in [1.807, 2.05) is 19.9 Å². The highest BCUT2D eigenvalue weighted by Gasteiger charge is 2.42. The third-order valence-corrected chi connectivity index (χ3v) is 4.92. The molecule has 0 aliphatic carbocycles. The van der Waals surface area contributed by atoms with Crippen molar-refractivity contribution in [3.05, 3.63) is 23.3 Å². The largest absolute Gasteiger partial charge is 0.480 e. The fraction of sp³-hybridized carbons (Fsp3) is 0.500. The molecular formula is C14H17N5O3S. The minimum Gasteiger partial charge on any atom is -0.480 e. The second-order valence-corrected chi connectivity index (χ2v) is 6.86. The van der Waals surface area contributed by atoms with Gasteiger partial charge in [-0.3, -0.25) is 4.79 Å². The van der Waals surface area contributed by atoms with Gasteiger partial charge in [0.2, 0.25) is 5.82 Å². The Labute approximate surface area is 136 Å². The monoisotopic (exact) mass is 335 g/mol. The zero-order valence-corrected chi connectivity index (χ0v) is 13.7. The normalized spacial score (nSPS) is 17.1. The van der Waals surface area contributed by atoms with Crippen molar-refractivity contribution < 1.29 is 14.7 Å². The van der Waals surface area contributed by atoms with Gasteiger partial charge in [-0.2, -0.15) is 16.7 Å². The number of carbonyl (C=O) groups excluding carboxylic acids is 1. The van der Waals surface area contributed by atoms with E-state index in [2.05, 4.69) is 20.4 Å². The van der Waals surface area contributed by atoms with Crippen LogP contribution < -0.4 is 5.32 Å². The van der Waals surface area contributed by atoms with Gasteiger partial charge in [0.15, 0.2) is 0 Å². The highest BCUT2D eigenvalue weighted by molar-refractivity contribution is 7.99. The first-order chi connectivity index (χ1) is 10.9. The topological polar surface area (TPSA) is 109 Å². The third-order valence-electron chi connectivity index (χ3n) is 3.93. The fourth-order valence-corrected chi connectivity index (χ4v) is 3.84. The molecule has 2 aromatic rings. The zero-order valence-electron chi connectivity index (χ0n) is 12.9. The molecule has 1 aliphatic rings. The number of carboxylic acid groups (broad SMARTS) is 1. The summed E-state index contributed by atoms with van der Waals surface area (Å²) in [7, 11) is 0. The number of carbonyl (C=O) groups is 2. The van der Waals surface area contributed by atoms with Crippen molar-refractivity contribution in [1.29, 1.82) is 0 Å². The molecule has 3 rings (SSSR count). The minimum absolute atomic E-state index is 0.0648. The Balaban J connectivity index is 1.91. The van der Waals surface area contributed by atoms with Gasteiger partial charge in [-0.15, -0.1) is 5.10 Å². The maximum atomic E-state index is 12.4. The first-order valence-electron chi connectivity index (χ1n) is 7.26. The predicted molar refractivity (Wildman–Crippen MR) is 84.6 cm³/mol. The molecule has 0 unspecified atom stereocenters. The smallest absolute Gasteiger partial charge is 0.329 e. The van der Waals surface area contributed by atoms with Crippen molar-refractivity contribution in [2.75, 3.05) is 11.5 Å². The van der Waals surface area contributed by atoms with Gasteiger partial charge in [0.05, 0.1) is 0 Å². The molecule has 8 nitrogen and oxygen atoms in total. The molecule has 3 heterocycles. The van der Waals surface area contributed by atoms with Crippen molar-refractivity contribution in [2.45, 2.75) is 32.2 Å². The molecule has 0 atom stereocenters. The van der Waals surface area contributed by atoms with E-state index in [1.165, 1.54) is 4.52 Å². The summed E-state index contributed by atoms with van der Waals surface area (Å²) >= 11 is 1.68. The summed E-state index contributed by atoms with van der Waals surface area (Å²) in [5, 5.41) is 16.3. The Morgan fingerprint density at radius 3 is 2.65 bits per heavy atom. The Bertz CT molecular complexity index is 782. The lowest BCUT2D eigenvalue weighted by Crippen LogP contribution is -2.56. The van der Waals surface area contributed by atoms with E-state index in [-0.39, 0.29) is 5.82 Å². The second kappa shape index (κ2) is 5.80. The van der Waals surface area contributed by atoms with Crippen molar-refractivity contribution in [1.82, 2.24) is 24.9 Å². The van der Waals surface area contributed by atoms with Crippen LogP contribution in [0.4, 0.5) is 0 Å². The molecule has 0 bridgehead atoms. The van der Waals surface area contributed by atoms with Crippen LogP contribution in [0, 0.1) is 13.8 Å². The van der Waals surface area contributed by atoms with Gasteiger partial charge in [0, 0.05) is 11.4 Å². The van der Waals surface area contributed by atoms with E-state index >= 15 is 0 Å². The number of hydrogen-bond donors (Lipinski definition) is 2. The number of amides is 1. The third kappa shape index (κ3) is 2.88. The van der Waals surface area contributed by atoms with E-state index in [4.69, 9.17) is 0 Å². The Hall–Kier alpha value is -2.16. The maximum absolute atomic E-state index is 12.4. The molecule has 0 saturated carbocycles. The SMILES string of the molecule is Cc1cc(C)n2nc(C(=O)NC3(C(=O)O)CCSCC3)nc2n1.